The number of nitrogens with zero attached hydrogens (tertiary/aromatic N) is 3. The van der Waals surface area contributed by atoms with Gasteiger partial charge in [0.25, 0.3) is 5.91 Å². The highest BCUT2D eigenvalue weighted by atomic mass is 16.4. The zero-order valence-electron chi connectivity index (χ0n) is 15.9. The van der Waals surface area contributed by atoms with Gasteiger partial charge in [-0.05, 0) is 29.7 Å². The number of amides is 1. The maximum absolute atomic E-state index is 13.0. The van der Waals surface area contributed by atoms with Crippen LogP contribution in [0.1, 0.15) is 31.8 Å². The van der Waals surface area contributed by atoms with Crippen molar-refractivity contribution in [3.8, 4) is 0 Å². The van der Waals surface area contributed by atoms with Gasteiger partial charge in [-0.15, -0.1) is 0 Å². The van der Waals surface area contributed by atoms with Crippen molar-refractivity contribution in [2.75, 3.05) is 6.54 Å². The number of fused-ring (bicyclic) bond motifs is 4. The summed E-state index contributed by atoms with van der Waals surface area (Å²) in [6.45, 7) is 1.21. The van der Waals surface area contributed by atoms with Crippen molar-refractivity contribution in [2.45, 2.75) is 13.0 Å². The molecule has 7 nitrogen and oxygen atoms in total. The molecule has 1 aromatic heterocycles. The number of benzene rings is 2. The van der Waals surface area contributed by atoms with Gasteiger partial charge in [-0.3, -0.25) is 24.4 Å². The third kappa shape index (κ3) is 2.86. The van der Waals surface area contributed by atoms with Crippen LogP contribution in [-0.2, 0) is 17.8 Å². The zero-order chi connectivity index (χ0) is 20.8. The zero-order valence-corrected chi connectivity index (χ0v) is 15.9. The minimum atomic E-state index is -1.28. The minimum Gasteiger partial charge on any atom is -0.480 e. The van der Waals surface area contributed by atoms with Gasteiger partial charge in [-0.1, -0.05) is 30.3 Å². The highest BCUT2D eigenvalue weighted by molar-refractivity contribution is 6.24. The molecule has 1 unspecified atom stereocenters. The number of hydrogen-bond donors (Lipinski definition) is 1. The number of aliphatic carboxylic acids is 1. The monoisotopic (exact) mass is 399 g/mol. The fourth-order valence-electron chi connectivity index (χ4n) is 4.04. The Kier molecular flexibility index (Phi) is 4.17. The molecule has 2 aliphatic heterocycles. The van der Waals surface area contributed by atoms with E-state index in [9.17, 15) is 14.4 Å². The Morgan fingerprint density at radius 2 is 1.90 bits per heavy atom. The molecule has 3 heterocycles. The maximum Gasteiger partial charge on any atom is 0.319 e. The molecule has 0 bridgehead atoms. The molecular formula is C23H17N3O4. The lowest BCUT2D eigenvalue weighted by Gasteiger charge is -2.29. The number of rotatable bonds is 2. The molecule has 5 rings (SSSR count). The Bertz CT molecular complexity index is 1260. The van der Waals surface area contributed by atoms with E-state index in [-0.39, 0.29) is 11.5 Å². The number of Topliss-reactive ketones (excluding diaryl/α,β-unsaturated/α-hetero) is 1. The van der Waals surface area contributed by atoms with E-state index in [1.165, 1.54) is 11.8 Å². The summed E-state index contributed by atoms with van der Waals surface area (Å²) in [5, 5.41) is 9.84. The summed E-state index contributed by atoms with van der Waals surface area (Å²) < 4.78 is 0. The van der Waals surface area contributed by atoms with Crippen LogP contribution in [0.5, 0.6) is 0 Å². The fourth-order valence-corrected chi connectivity index (χ4v) is 4.04. The quantitative estimate of drug-likeness (QED) is 0.668. The van der Waals surface area contributed by atoms with Gasteiger partial charge in [0.15, 0.2) is 11.7 Å². The Hall–Kier alpha value is -3.87. The average Bonchev–Trinajstić information content (AvgIpc) is 2.77. The van der Waals surface area contributed by atoms with E-state index in [1.54, 1.807) is 18.2 Å². The Labute approximate surface area is 171 Å². The number of aromatic nitrogens is 1. The van der Waals surface area contributed by atoms with Crippen LogP contribution in [-0.4, -0.2) is 45.4 Å². The van der Waals surface area contributed by atoms with E-state index < -0.39 is 17.7 Å². The van der Waals surface area contributed by atoms with Gasteiger partial charge >= 0.3 is 5.97 Å². The topological polar surface area (TPSA) is 99.9 Å². The molecule has 0 spiro atoms. The van der Waals surface area contributed by atoms with Crippen LogP contribution in [0.4, 0.5) is 5.69 Å². The first-order valence-corrected chi connectivity index (χ1v) is 9.63. The largest absolute Gasteiger partial charge is 0.480 e. The van der Waals surface area contributed by atoms with E-state index in [1.807, 2.05) is 23.1 Å². The number of carbonyl (C=O) groups excluding carboxylic acids is 2. The molecule has 148 valence electrons. The van der Waals surface area contributed by atoms with Gasteiger partial charge in [-0.25, -0.2) is 0 Å². The normalized spacial score (nSPS) is 17.5. The first-order valence-electron chi connectivity index (χ1n) is 9.63. The molecule has 0 radical (unpaired) electrons. The Balaban J connectivity index is 1.48. The van der Waals surface area contributed by atoms with E-state index in [0.717, 1.165) is 18.2 Å². The summed E-state index contributed by atoms with van der Waals surface area (Å²) in [5.74, 6) is -3.12. The fraction of sp³-hybridized carbons (Fsp3) is 0.174. The van der Waals surface area contributed by atoms with Gasteiger partial charge in [0.2, 0.25) is 0 Å². The summed E-state index contributed by atoms with van der Waals surface area (Å²) >= 11 is 0. The van der Waals surface area contributed by atoms with Crippen LogP contribution in [0.15, 0.2) is 53.7 Å². The molecule has 1 atom stereocenters. The lowest BCUT2D eigenvalue weighted by molar-refractivity contribution is -0.137. The summed E-state index contributed by atoms with van der Waals surface area (Å²) in [6, 6.07) is 13.1. The molecule has 0 fully saturated rings. The molecule has 30 heavy (non-hydrogen) atoms. The van der Waals surface area contributed by atoms with Crippen molar-refractivity contribution >= 4 is 40.5 Å². The van der Waals surface area contributed by atoms with Crippen LogP contribution >= 0.6 is 0 Å². The standard InChI is InChI=1S/C23H17N3O4/c27-21-17-6-5-14-9-16(10-24-19(14)20(17)25-11-18(21)23(29)30)22(28)26-8-7-13-3-1-2-4-15(13)12-26/h1-6,9-11,18H,7-8,12H2,(H,29,30). The number of carbonyl (C=O) groups is 3. The molecule has 3 aromatic rings. The van der Waals surface area contributed by atoms with Crippen LogP contribution < -0.4 is 0 Å². The lowest BCUT2D eigenvalue weighted by Crippen LogP contribution is -2.36. The van der Waals surface area contributed by atoms with Crippen molar-refractivity contribution in [1.82, 2.24) is 9.88 Å². The molecule has 2 aromatic carbocycles. The van der Waals surface area contributed by atoms with Crippen LogP contribution in [0.2, 0.25) is 0 Å². The van der Waals surface area contributed by atoms with Crippen LogP contribution in [0.25, 0.3) is 10.9 Å². The van der Waals surface area contributed by atoms with Crippen molar-refractivity contribution in [2.24, 2.45) is 10.9 Å². The SMILES string of the molecule is O=C(O)C1C=Nc2c(ccc3cc(C(=O)N4CCc5ccccc5C4)cnc23)C1=O. The van der Waals surface area contributed by atoms with Crippen molar-refractivity contribution in [3.63, 3.8) is 0 Å². The summed E-state index contributed by atoms with van der Waals surface area (Å²) in [5.41, 5.74) is 3.95. The molecule has 0 aliphatic carbocycles. The minimum absolute atomic E-state index is 0.0952. The smallest absolute Gasteiger partial charge is 0.319 e. The molecule has 7 heteroatoms. The van der Waals surface area contributed by atoms with Gasteiger partial charge in [0, 0.05) is 36.5 Å². The Morgan fingerprint density at radius 3 is 2.70 bits per heavy atom. The third-order valence-corrected chi connectivity index (χ3v) is 5.66. The molecule has 2 aliphatic rings. The summed E-state index contributed by atoms with van der Waals surface area (Å²) in [6.07, 6.45) is 3.45. The second kappa shape index (κ2) is 6.88. The van der Waals surface area contributed by atoms with E-state index >= 15 is 0 Å². The number of carboxylic acids is 1. The van der Waals surface area contributed by atoms with E-state index in [4.69, 9.17) is 5.11 Å². The van der Waals surface area contributed by atoms with Gasteiger partial charge in [-0.2, -0.15) is 0 Å². The highest BCUT2D eigenvalue weighted by Gasteiger charge is 2.31. The maximum atomic E-state index is 13.0. The first kappa shape index (κ1) is 18.2. The second-order valence-electron chi connectivity index (χ2n) is 7.46. The number of carboxylic acid groups (broad SMARTS) is 1. The van der Waals surface area contributed by atoms with Crippen molar-refractivity contribution in [3.05, 3.63) is 70.9 Å². The molecular weight excluding hydrogens is 382 g/mol. The number of aliphatic imine (C=N–C) groups is 1. The molecule has 0 saturated heterocycles. The Morgan fingerprint density at radius 1 is 1.10 bits per heavy atom. The van der Waals surface area contributed by atoms with E-state index in [2.05, 4.69) is 16.0 Å². The predicted molar refractivity (Wildman–Crippen MR) is 110 cm³/mol. The molecule has 1 amide bonds. The molecule has 1 N–H and O–H groups in total. The van der Waals surface area contributed by atoms with Crippen molar-refractivity contribution < 1.29 is 19.5 Å². The third-order valence-electron chi connectivity index (χ3n) is 5.66. The number of pyridine rings is 1. The number of hydrogen-bond acceptors (Lipinski definition) is 5. The van der Waals surface area contributed by atoms with Gasteiger partial charge in [0.05, 0.1) is 16.8 Å². The lowest BCUT2D eigenvalue weighted by atomic mass is 9.93. The van der Waals surface area contributed by atoms with Crippen LogP contribution in [0, 0.1) is 5.92 Å². The van der Waals surface area contributed by atoms with Crippen LogP contribution in [0.3, 0.4) is 0 Å². The van der Waals surface area contributed by atoms with Gasteiger partial charge < -0.3 is 10.0 Å². The first-order chi connectivity index (χ1) is 14.5. The highest BCUT2D eigenvalue weighted by Crippen LogP contribution is 2.33. The second-order valence-corrected chi connectivity index (χ2v) is 7.46. The van der Waals surface area contributed by atoms with E-state index in [0.29, 0.717) is 35.2 Å². The predicted octanol–water partition coefficient (Wildman–Crippen LogP) is 3.03. The average molecular weight is 399 g/mol. The van der Waals surface area contributed by atoms with Gasteiger partial charge in [0.1, 0.15) is 0 Å². The summed E-state index contributed by atoms with van der Waals surface area (Å²) in [4.78, 5) is 47.1. The summed E-state index contributed by atoms with van der Waals surface area (Å²) in [7, 11) is 0. The number of ketones is 1. The van der Waals surface area contributed by atoms with Crippen molar-refractivity contribution in [1.29, 1.82) is 0 Å². The molecule has 0 saturated carbocycles.